The molecule has 0 fully saturated rings. The summed E-state index contributed by atoms with van der Waals surface area (Å²) in [5.74, 6) is 0. The second-order valence-corrected chi connectivity index (χ2v) is 4.50. The third-order valence-electron chi connectivity index (χ3n) is 3.02. The SMILES string of the molecule is CCc1cccc(-c2cnc(C#N)c(Cl)c2C)c1. The molecule has 2 nitrogen and oxygen atoms in total. The fraction of sp³-hybridized carbons (Fsp3) is 0.200. The number of aryl methyl sites for hydroxylation is 1. The average molecular weight is 257 g/mol. The Hall–Kier alpha value is -1.85. The molecular formula is C15H13ClN2. The van der Waals surface area contributed by atoms with Crippen LogP contribution in [0.2, 0.25) is 5.02 Å². The van der Waals surface area contributed by atoms with Crippen LogP contribution >= 0.6 is 11.6 Å². The van der Waals surface area contributed by atoms with Crippen molar-refractivity contribution in [3.05, 3.63) is 52.3 Å². The summed E-state index contributed by atoms with van der Waals surface area (Å²) in [6, 6.07) is 10.3. The van der Waals surface area contributed by atoms with Gasteiger partial charge in [0, 0.05) is 11.8 Å². The zero-order valence-electron chi connectivity index (χ0n) is 10.4. The van der Waals surface area contributed by atoms with Crippen molar-refractivity contribution in [2.75, 3.05) is 0 Å². The highest BCUT2D eigenvalue weighted by Gasteiger charge is 2.10. The highest BCUT2D eigenvalue weighted by molar-refractivity contribution is 6.32. The minimum Gasteiger partial charge on any atom is -0.243 e. The number of hydrogen-bond acceptors (Lipinski definition) is 2. The summed E-state index contributed by atoms with van der Waals surface area (Å²) >= 11 is 6.14. The number of benzene rings is 1. The van der Waals surface area contributed by atoms with Gasteiger partial charge in [0.1, 0.15) is 6.07 Å². The lowest BCUT2D eigenvalue weighted by atomic mass is 9.99. The van der Waals surface area contributed by atoms with Gasteiger partial charge in [-0.1, -0.05) is 42.8 Å². The molecule has 0 saturated heterocycles. The number of halogens is 1. The molecule has 90 valence electrons. The van der Waals surface area contributed by atoms with E-state index in [1.54, 1.807) is 6.20 Å². The molecule has 0 aliphatic heterocycles. The van der Waals surface area contributed by atoms with Gasteiger partial charge in [-0.2, -0.15) is 5.26 Å². The van der Waals surface area contributed by atoms with Crippen LogP contribution in [0.4, 0.5) is 0 Å². The molecule has 0 radical (unpaired) electrons. The highest BCUT2D eigenvalue weighted by Crippen LogP contribution is 2.29. The first kappa shape index (κ1) is 12.6. The number of rotatable bonds is 2. The Morgan fingerprint density at radius 2 is 2.17 bits per heavy atom. The molecule has 0 amide bonds. The third kappa shape index (κ3) is 2.23. The largest absolute Gasteiger partial charge is 0.243 e. The average Bonchev–Trinajstić information content (AvgIpc) is 2.42. The summed E-state index contributed by atoms with van der Waals surface area (Å²) in [5, 5.41) is 9.33. The quantitative estimate of drug-likeness (QED) is 0.810. The molecule has 0 saturated carbocycles. The summed E-state index contributed by atoms with van der Waals surface area (Å²) < 4.78 is 0. The molecule has 0 spiro atoms. The Labute approximate surface area is 112 Å². The zero-order chi connectivity index (χ0) is 13.1. The third-order valence-corrected chi connectivity index (χ3v) is 3.48. The Morgan fingerprint density at radius 3 is 2.83 bits per heavy atom. The van der Waals surface area contributed by atoms with Crippen molar-refractivity contribution in [1.29, 1.82) is 5.26 Å². The number of aromatic nitrogens is 1. The van der Waals surface area contributed by atoms with Crippen molar-refractivity contribution in [2.24, 2.45) is 0 Å². The van der Waals surface area contributed by atoms with Gasteiger partial charge in [-0.05, 0) is 30.0 Å². The van der Waals surface area contributed by atoms with Crippen LogP contribution in [0.25, 0.3) is 11.1 Å². The molecule has 0 bridgehead atoms. The molecule has 0 atom stereocenters. The van der Waals surface area contributed by atoms with E-state index in [4.69, 9.17) is 16.9 Å². The molecule has 18 heavy (non-hydrogen) atoms. The van der Waals surface area contributed by atoms with Crippen LogP contribution in [0.5, 0.6) is 0 Å². The maximum Gasteiger partial charge on any atom is 0.159 e. The van der Waals surface area contributed by atoms with E-state index in [1.165, 1.54) is 5.56 Å². The minimum atomic E-state index is 0.282. The van der Waals surface area contributed by atoms with Crippen LogP contribution in [-0.4, -0.2) is 4.98 Å². The van der Waals surface area contributed by atoms with E-state index in [9.17, 15) is 0 Å². The summed E-state index contributed by atoms with van der Waals surface area (Å²) in [7, 11) is 0. The predicted octanol–water partition coefficient (Wildman–Crippen LogP) is 4.14. The second kappa shape index (κ2) is 5.20. The van der Waals surface area contributed by atoms with Crippen molar-refractivity contribution in [1.82, 2.24) is 4.98 Å². The standard InChI is InChI=1S/C15H13ClN2/c1-3-11-5-4-6-12(7-11)13-9-18-14(8-17)15(16)10(13)2/h4-7,9H,3H2,1-2H3. The number of nitrogens with zero attached hydrogens (tertiary/aromatic N) is 2. The van der Waals surface area contributed by atoms with Gasteiger partial charge in [0.05, 0.1) is 5.02 Å². The zero-order valence-corrected chi connectivity index (χ0v) is 11.1. The molecule has 0 aliphatic rings. The molecule has 3 heteroatoms. The van der Waals surface area contributed by atoms with E-state index in [0.29, 0.717) is 5.02 Å². The summed E-state index contributed by atoms with van der Waals surface area (Å²) in [5.41, 5.74) is 4.52. The van der Waals surface area contributed by atoms with Gasteiger partial charge in [-0.3, -0.25) is 0 Å². The summed E-state index contributed by atoms with van der Waals surface area (Å²) in [6.07, 6.45) is 2.71. The topological polar surface area (TPSA) is 36.7 Å². The molecule has 2 aromatic rings. The van der Waals surface area contributed by atoms with Gasteiger partial charge >= 0.3 is 0 Å². The molecule has 0 unspecified atom stereocenters. The van der Waals surface area contributed by atoms with Gasteiger partial charge in [0.15, 0.2) is 5.69 Å². The van der Waals surface area contributed by atoms with Crippen LogP contribution in [-0.2, 0) is 6.42 Å². The Morgan fingerprint density at radius 1 is 1.39 bits per heavy atom. The Kier molecular flexibility index (Phi) is 3.64. The Bertz CT molecular complexity index is 627. The summed E-state index contributed by atoms with van der Waals surface area (Å²) in [6.45, 7) is 4.04. The van der Waals surface area contributed by atoms with Crippen molar-refractivity contribution >= 4 is 11.6 Å². The number of pyridine rings is 1. The fourth-order valence-corrected chi connectivity index (χ4v) is 2.10. The molecule has 1 heterocycles. The highest BCUT2D eigenvalue weighted by atomic mass is 35.5. The number of hydrogen-bond donors (Lipinski definition) is 0. The minimum absolute atomic E-state index is 0.282. The lowest BCUT2D eigenvalue weighted by Gasteiger charge is -2.09. The lowest BCUT2D eigenvalue weighted by Crippen LogP contribution is -1.92. The van der Waals surface area contributed by atoms with Crippen LogP contribution in [0.1, 0.15) is 23.7 Å². The van der Waals surface area contributed by atoms with Crippen molar-refractivity contribution in [3.8, 4) is 17.2 Å². The number of nitriles is 1. The predicted molar refractivity (Wildman–Crippen MR) is 73.5 cm³/mol. The molecular weight excluding hydrogens is 244 g/mol. The summed E-state index contributed by atoms with van der Waals surface area (Å²) in [4.78, 5) is 4.10. The van der Waals surface area contributed by atoms with Gasteiger partial charge in [-0.15, -0.1) is 0 Å². The molecule has 2 rings (SSSR count). The maximum absolute atomic E-state index is 8.89. The molecule has 0 aliphatic carbocycles. The van der Waals surface area contributed by atoms with Crippen LogP contribution in [0.15, 0.2) is 30.5 Å². The fourth-order valence-electron chi connectivity index (χ4n) is 1.91. The monoisotopic (exact) mass is 256 g/mol. The van der Waals surface area contributed by atoms with Crippen molar-refractivity contribution < 1.29 is 0 Å². The first-order chi connectivity index (χ1) is 8.67. The van der Waals surface area contributed by atoms with E-state index in [2.05, 4.69) is 24.0 Å². The maximum atomic E-state index is 8.89. The Balaban J connectivity index is 2.58. The molecule has 0 N–H and O–H groups in total. The van der Waals surface area contributed by atoms with Gasteiger partial charge in [-0.25, -0.2) is 4.98 Å². The van der Waals surface area contributed by atoms with Gasteiger partial charge in [0.25, 0.3) is 0 Å². The first-order valence-corrected chi connectivity index (χ1v) is 6.19. The van der Waals surface area contributed by atoms with E-state index < -0.39 is 0 Å². The van der Waals surface area contributed by atoms with Crippen molar-refractivity contribution in [3.63, 3.8) is 0 Å². The van der Waals surface area contributed by atoms with Crippen LogP contribution in [0.3, 0.4) is 0 Å². The van der Waals surface area contributed by atoms with Crippen LogP contribution < -0.4 is 0 Å². The van der Waals surface area contributed by atoms with Crippen LogP contribution in [0, 0.1) is 18.3 Å². The van der Waals surface area contributed by atoms with Gasteiger partial charge < -0.3 is 0 Å². The van der Waals surface area contributed by atoms with E-state index in [1.807, 2.05) is 25.1 Å². The smallest absolute Gasteiger partial charge is 0.159 e. The second-order valence-electron chi connectivity index (χ2n) is 4.13. The van der Waals surface area contributed by atoms with Crippen molar-refractivity contribution in [2.45, 2.75) is 20.3 Å². The van der Waals surface area contributed by atoms with Gasteiger partial charge in [0.2, 0.25) is 0 Å². The van der Waals surface area contributed by atoms with E-state index in [-0.39, 0.29) is 5.69 Å². The molecule has 1 aromatic carbocycles. The lowest BCUT2D eigenvalue weighted by molar-refractivity contribution is 1.14. The van der Waals surface area contributed by atoms with E-state index >= 15 is 0 Å². The van der Waals surface area contributed by atoms with E-state index in [0.717, 1.165) is 23.1 Å². The first-order valence-electron chi connectivity index (χ1n) is 5.82. The normalized spacial score (nSPS) is 10.1. The molecule has 1 aromatic heterocycles.